The van der Waals surface area contributed by atoms with Crippen molar-refractivity contribution < 1.29 is 14.3 Å². The van der Waals surface area contributed by atoms with E-state index >= 15 is 0 Å². The maximum Gasteiger partial charge on any atom is 0.192 e. The van der Waals surface area contributed by atoms with Gasteiger partial charge in [-0.15, -0.1) is 0 Å². The number of ketones is 1. The molecule has 2 aliphatic rings. The van der Waals surface area contributed by atoms with Crippen LogP contribution in [0.25, 0.3) is 16.7 Å². The molecule has 0 fully saturated rings. The number of carbonyl (C=O) groups is 1. The topological polar surface area (TPSA) is 59.3 Å². The Morgan fingerprint density at radius 2 is 1.66 bits per heavy atom. The second-order valence-corrected chi connectivity index (χ2v) is 9.39. The fraction of sp³-hybridized carbons (Fsp3) is 0.176. The van der Waals surface area contributed by atoms with Crippen LogP contribution in [0, 0.1) is 11.3 Å². The van der Waals surface area contributed by atoms with Crippen LogP contribution < -0.4 is 4.74 Å². The van der Waals surface area contributed by atoms with Crippen LogP contribution in [0.15, 0.2) is 108 Å². The van der Waals surface area contributed by atoms with Crippen LogP contribution in [-0.4, -0.2) is 20.0 Å². The molecule has 0 aromatic heterocycles. The average molecular weight is 500 g/mol. The van der Waals surface area contributed by atoms with Gasteiger partial charge in [-0.1, -0.05) is 72.8 Å². The molecule has 2 aliphatic carbocycles. The first kappa shape index (κ1) is 25.0. The van der Waals surface area contributed by atoms with Gasteiger partial charge >= 0.3 is 0 Å². The number of hydrogen-bond acceptors (Lipinski definition) is 4. The van der Waals surface area contributed by atoms with Crippen molar-refractivity contribution in [2.75, 3.05) is 14.2 Å². The normalized spacial score (nSPS) is 16.6. The molecule has 3 aromatic carbocycles. The van der Waals surface area contributed by atoms with Gasteiger partial charge in [0.1, 0.15) is 11.5 Å². The van der Waals surface area contributed by atoms with Crippen LogP contribution in [0.4, 0.5) is 0 Å². The summed E-state index contributed by atoms with van der Waals surface area (Å²) >= 11 is 0. The molecule has 0 radical (unpaired) electrons. The number of rotatable bonds is 7. The van der Waals surface area contributed by atoms with Crippen LogP contribution in [0.5, 0.6) is 5.75 Å². The largest absolute Gasteiger partial charge is 0.496 e. The predicted molar refractivity (Wildman–Crippen MR) is 151 cm³/mol. The molecule has 0 saturated carbocycles. The number of methoxy groups -OCH3 is 2. The summed E-state index contributed by atoms with van der Waals surface area (Å²) in [6.07, 6.45) is 13.1. The van der Waals surface area contributed by atoms with E-state index in [-0.39, 0.29) is 11.7 Å². The summed E-state index contributed by atoms with van der Waals surface area (Å²) in [5.74, 6) is 1.81. The van der Waals surface area contributed by atoms with Crippen molar-refractivity contribution in [1.29, 1.82) is 5.26 Å². The lowest BCUT2D eigenvalue weighted by molar-refractivity contribution is 0.103. The molecule has 5 rings (SSSR count). The number of nitrogens with zero attached hydrogens (tertiary/aromatic N) is 1. The highest BCUT2D eigenvalue weighted by atomic mass is 16.5. The van der Waals surface area contributed by atoms with Crippen molar-refractivity contribution in [1.82, 2.24) is 0 Å². The molecule has 1 unspecified atom stereocenters. The number of hydrogen-bond donors (Lipinski definition) is 0. The Labute approximate surface area is 223 Å². The minimum atomic E-state index is 0.0612. The molecule has 4 heteroatoms. The number of nitriles is 1. The van der Waals surface area contributed by atoms with E-state index in [9.17, 15) is 4.79 Å². The van der Waals surface area contributed by atoms with Crippen LogP contribution >= 0.6 is 0 Å². The molecule has 0 aliphatic heterocycles. The standard InChI is InChI=1S/C34H29NO3/c1-37-32-20-28(16-18-30(32)24-10-8-23(22-35)9-11-24)29-17-19-31(33(21-29)38-2)25-12-14-27(15-13-25)34(36)26-6-4-3-5-7-26/h4,6-16,18-21,29H,3,5,17H2,1-2H3. The highest BCUT2D eigenvalue weighted by Gasteiger charge is 2.21. The summed E-state index contributed by atoms with van der Waals surface area (Å²) in [4.78, 5) is 12.8. The number of allylic oxidation sites excluding steroid dienone is 7. The molecule has 0 N–H and O–H groups in total. The molecular weight excluding hydrogens is 470 g/mol. The maximum absolute atomic E-state index is 12.8. The monoisotopic (exact) mass is 499 g/mol. The number of benzene rings is 3. The summed E-state index contributed by atoms with van der Waals surface area (Å²) in [6.45, 7) is 0. The van der Waals surface area contributed by atoms with Gasteiger partial charge in [0.2, 0.25) is 0 Å². The van der Waals surface area contributed by atoms with Gasteiger partial charge in [0, 0.05) is 28.2 Å². The SMILES string of the molecule is COC1=CC(c2ccc(-c3ccc(C#N)cc3)c(OC)c2)CC=C1c1ccc(C(=O)C2=CCCC=C2)cc1. The Hall–Kier alpha value is -4.62. The van der Waals surface area contributed by atoms with Crippen molar-refractivity contribution in [2.45, 2.75) is 25.2 Å². The van der Waals surface area contributed by atoms with Gasteiger partial charge in [-0.3, -0.25) is 4.79 Å². The van der Waals surface area contributed by atoms with Crippen molar-refractivity contribution in [3.05, 3.63) is 131 Å². The maximum atomic E-state index is 12.8. The molecule has 0 heterocycles. The molecule has 38 heavy (non-hydrogen) atoms. The lowest BCUT2D eigenvalue weighted by atomic mass is 9.86. The molecule has 0 amide bonds. The molecule has 0 spiro atoms. The van der Waals surface area contributed by atoms with Gasteiger partial charge in [-0.05, 0) is 60.2 Å². The molecule has 0 bridgehead atoms. The van der Waals surface area contributed by atoms with E-state index in [4.69, 9.17) is 14.7 Å². The number of Topliss-reactive ketones (excluding diaryl/α,β-unsaturated/α-hetero) is 1. The van der Waals surface area contributed by atoms with Gasteiger partial charge in [0.25, 0.3) is 0 Å². The molecule has 4 nitrogen and oxygen atoms in total. The number of carbonyl (C=O) groups excluding carboxylic acids is 1. The highest BCUT2D eigenvalue weighted by Crippen LogP contribution is 2.39. The Kier molecular flexibility index (Phi) is 7.38. The Bertz CT molecular complexity index is 1510. The average Bonchev–Trinajstić information content (AvgIpc) is 3.00. The molecule has 1 atom stereocenters. The number of ether oxygens (including phenoxy) is 2. The summed E-state index contributed by atoms with van der Waals surface area (Å²) in [5.41, 5.74) is 7.27. The third-order valence-electron chi connectivity index (χ3n) is 7.11. The fourth-order valence-electron chi connectivity index (χ4n) is 5.01. The van der Waals surface area contributed by atoms with E-state index in [1.54, 1.807) is 14.2 Å². The smallest absolute Gasteiger partial charge is 0.192 e. The lowest BCUT2D eigenvalue weighted by Gasteiger charge is -2.23. The van der Waals surface area contributed by atoms with E-state index in [0.29, 0.717) is 11.1 Å². The minimum absolute atomic E-state index is 0.0612. The second-order valence-electron chi connectivity index (χ2n) is 9.39. The molecular formula is C34H29NO3. The van der Waals surface area contributed by atoms with Crippen molar-refractivity contribution >= 4 is 11.4 Å². The molecule has 188 valence electrons. The summed E-state index contributed by atoms with van der Waals surface area (Å²) in [5, 5.41) is 9.08. The Morgan fingerprint density at radius 3 is 2.32 bits per heavy atom. The van der Waals surface area contributed by atoms with Gasteiger partial charge in [0.05, 0.1) is 25.9 Å². The van der Waals surface area contributed by atoms with Crippen LogP contribution in [0.3, 0.4) is 0 Å². The van der Waals surface area contributed by atoms with Crippen molar-refractivity contribution in [3.8, 4) is 22.9 Å². The van der Waals surface area contributed by atoms with E-state index in [1.165, 1.54) is 0 Å². The Morgan fingerprint density at radius 1 is 0.895 bits per heavy atom. The predicted octanol–water partition coefficient (Wildman–Crippen LogP) is 7.79. The Balaban J connectivity index is 1.36. The second kappa shape index (κ2) is 11.2. The third-order valence-corrected chi connectivity index (χ3v) is 7.11. The zero-order valence-electron chi connectivity index (χ0n) is 21.6. The minimum Gasteiger partial charge on any atom is -0.496 e. The van der Waals surface area contributed by atoms with E-state index in [2.05, 4.69) is 42.5 Å². The zero-order valence-corrected chi connectivity index (χ0v) is 21.6. The summed E-state index contributed by atoms with van der Waals surface area (Å²) in [6, 6.07) is 23.7. The first-order valence-electron chi connectivity index (χ1n) is 12.8. The van der Waals surface area contributed by atoms with Gasteiger partial charge < -0.3 is 9.47 Å². The highest BCUT2D eigenvalue weighted by molar-refractivity contribution is 6.10. The fourth-order valence-corrected chi connectivity index (χ4v) is 5.01. The third kappa shape index (κ3) is 5.10. The lowest BCUT2D eigenvalue weighted by Crippen LogP contribution is -2.06. The van der Waals surface area contributed by atoms with E-state index < -0.39 is 0 Å². The van der Waals surface area contributed by atoms with E-state index in [0.717, 1.165) is 64.2 Å². The van der Waals surface area contributed by atoms with Gasteiger partial charge in [0.15, 0.2) is 5.78 Å². The summed E-state index contributed by atoms with van der Waals surface area (Å²) in [7, 11) is 3.37. The van der Waals surface area contributed by atoms with Crippen molar-refractivity contribution in [3.63, 3.8) is 0 Å². The summed E-state index contributed by atoms with van der Waals surface area (Å²) < 4.78 is 11.5. The molecule has 3 aromatic rings. The zero-order chi connectivity index (χ0) is 26.5. The van der Waals surface area contributed by atoms with Gasteiger partial charge in [-0.2, -0.15) is 5.26 Å². The van der Waals surface area contributed by atoms with E-state index in [1.807, 2.05) is 60.7 Å². The molecule has 0 saturated heterocycles. The van der Waals surface area contributed by atoms with Crippen LogP contribution in [0.2, 0.25) is 0 Å². The quantitative estimate of drug-likeness (QED) is 0.311. The first-order chi connectivity index (χ1) is 18.6. The first-order valence-corrected chi connectivity index (χ1v) is 12.8. The van der Waals surface area contributed by atoms with Gasteiger partial charge in [-0.25, -0.2) is 0 Å². The van der Waals surface area contributed by atoms with Crippen LogP contribution in [0.1, 0.15) is 52.2 Å². The van der Waals surface area contributed by atoms with Crippen molar-refractivity contribution in [2.24, 2.45) is 0 Å². The van der Waals surface area contributed by atoms with Crippen LogP contribution in [-0.2, 0) is 4.74 Å².